The van der Waals surface area contributed by atoms with Crippen LogP contribution in [0, 0.1) is 0 Å². The quantitative estimate of drug-likeness (QED) is 0.188. The minimum Gasteiger partial charge on any atom is -0.480 e. The molecule has 0 rings (SSSR count). The van der Waals surface area contributed by atoms with Crippen LogP contribution in [-0.4, -0.2) is 71.4 Å². The number of carboxylic acid groups (broad SMARTS) is 2. The molecule has 0 heterocycles. The van der Waals surface area contributed by atoms with Gasteiger partial charge in [0.25, 0.3) is 0 Å². The first-order valence-corrected chi connectivity index (χ1v) is 8.83. The number of thioether (sulfide) groups is 1. The summed E-state index contributed by atoms with van der Waals surface area (Å²) in [5.74, 6) is -8.15. The van der Waals surface area contributed by atoms with E-state index in [1.165, 1.54) is 0 Å². The summed E-state index contributed by atoms with van der Waals surface area (Å²) in [6.45, 7) is -2.89. The molecule has 0 aliphatic heterocycles. The Kier molecular flexibility index (Phi) is 11.7. The Morgan fingerprint density at radius 3 is 2.23 bits per heavy atom. The highest BCUT2D eigenvalue weighted by atomic mass is 32.2. The summed E-state index contributed by atoms with van der Waals surface area (Å²) in [6, 6.07) is -3.12. The number of ether oxygens (including phenoxy) is 1. The van der Waals surface area contributed by atoms with Gasteiger partial charge in [0.15, 0.2) is 0 Å². The summed E-state index contributed by atoms with van der Waals surface area (Å²) < 4.78 is 67.3. The van der Waals surface area contributed by atoms with E-state index in [4.69, 9.17) is 15.9 Å². The standard InChI is InChI=1S/C14H18F5N3O7S/c15-5-29-10(14(17,18)19)11(16)30-4-7(12(26)21-3-9(24)25)22-8(23)2-1-6(20)13(27)28/h6-7H,1-5,20H2,(H,21,26)(H,22,23)(H,24,25)(H,27,28)/b11-10+/t6-,7-/m0/s1. The van der Waals surface area contributed by atoms with Gasteiger partial charge in [-0.15, -0.1) is 0 Å². The van der Waals surface area contributed by atoms with Crippen molar-refractivity contribution in [2.75, 3.05) is 19.2 Å². The monoisotopic (exact) mass is 467 g/mol. The van der Waals surface area contributed by atoms with Gasteiger partial charge in [0.05, 0.1) is 0 Å². The van der Waals surface area contributed by atoms with Gasteiger partial charge < -0.3 is 31.3 Å². The molecular formula is C14H18F5N3O7S. The molecular weight excluding hydrogens is 449 g/mol. The van der Waals surface area contributed by atoms with Gasteiger partial charge in [-0.1, -0.05) is 11.8 Å². The predicted octanol–water partition coefficient (Wildman–Crippen LogP) is 0.242. The second kappa shape index (κ2) is 12.8. The van der Waals surface area contributed by atoms with Crippen molar-refractivity contribution >= 4 is 35.5 Å². The molecule has 0 aromatic rings. The third-order valence-corrected chi connectivity index (χ3v) is 4.02. The second-order valence-electron chi connectivity index (χ2n) is 5.38. The molecule has 0 bridgehead atoms. The highest BCUT2D eigenvalue weighted by molar-refractivity contribution is 8.02. The van der Waals surface area contributed by atoms with Crippen LogP contribution in [0.4, 0.5) is 22.0 Å². The first-order chi connectivity index (χ1) is 13.8. The van der Waals surface area contributed by atoms with Crippen molar-refractivity contribution in [3.63, 3.8) is 0 Å². The Balaban J connectivity index is 5.25. The zero-order valence-corrected chi connectivity index (χ0v) is 15.8. The number of carbonyl (C=O) groups is 4. The lowest BCUT2D eigenvalue weighted by molar-refractivity contribution is -0.140. The van der Waals surface area contributed by atoms with Crippen molar-refractivity contribution in [1.29, 1.82) is 0 Å². The van der Waals surface area contributed by atoms with Crippen LogP contribution >= 0.6 is 11.8 Å². The van der Waals surface area contributed by atoms with E-state index in [2.05, 4.69) is 4.74 Å². The number of nitrogens with two attached hydrogens (primary N) is 1. The molecule has 0 aromatic carbocycles. The predicted molar refractivity (Wildman–Crippen MR) is 91.1 cm³/mol. The van der Waals surface area contributed by atoms with Gasteiger partial charge in [0, 0.05) is 12.2 Å². The normalized spacial score (nSPS) is 14.2. The molecule has 10 nitrogen and oxygen atoms in total. The average Bonchev–Trinajstić information content (AvgIpc) is 2.63. The number of hydrogen-bond acceptors (Lipinski definition) is 7. The van der Waals surface area contributed by atoms with E-state index in [1.54, 1.807) is 0 Å². The molecule has 0 fully saturated rings. The topological polar surface area (TPSA) is 168 Å². The lowest BCUT2D eigenvalue weighted by Crippen LogP contribution is -2.49. The molecule has 0 saturated carbocycles. The van der Waals surface area contributed by atoms with Crippen molar-refractivity contribution < 1.29 is 56.1 Å². The van der Waals surface area contributed by atoms with E-state index in [0.29, 0.717) is 0 Å². The number of rotatable bonds is 13. The molecule has 0 aliphatic carbocycles. The number of aliphatic carboxylic acids is 2. The van der Waals surface area contributed by atoms with E-state index in [0.717, 1.165) is 0 Å². The van der Waals surface area contributed by atoms with E-state index in [-0.39, 0.29) is 18.2 Å². The summed E-state index contributed by atoms with van der Waals surface area (Å²) in [7, 11) is 0. The number of carbonyl (C=O) groups excluding carboxylic acids is 2. The number of carboxylic acids is 2. The maximum atomic E-state index is 13.8. The molecule has 30 heavy (non-hydrogen) atoms. The average molecular weight is 467 g/mol. The molecule has 0 unspecified atom stereocenters. The second-order valence-corrected chi connectivity index (χ2v) is 6.36. The van der Waals surface area contributed by atoms with Crippen molar-refractivity contribution in [3.8, 4) is 0 Å². The van der Waals surface area contributed by atoms with Gasteiger partial charge in [0.1, 0.15) is 18.6 Å². The summed E-state index contributed by atoms with van der Waals surface area (Å²) in [5, 5.41) is 19.0. The van der Waals surface area contributed by atoms with Gasteiger partial charge in [0.2, 0.25) is 29.6 Å². The summed E-state index contributed by atoms with van der Waals surface area (Å²) in [5.41, 5.74) is 5.20. The minimum absolute atomic E-state index is 0.247. The van der Waals surface area contributed by atoms with Crippen molar-refractivity contribution in [1.82, 2.24) is 10.6 Å². The number of hydrogen-bond donors (Lipinski definition) is 5. The molecule has 16 heteroatoms. The summed E-state index contributed by atoms with van der Waals surface area (Å²) >= 11 is -0.247. The van der Waals surface area contributed by atoms with Crippen LogP contribution in [0.15, 0.2) is 10.9 Å². The number of allylic oxidation sites excluding steroid dienone is 1. The Morgan fingerprint density at radius 2 is 1.77 bits per heavy atom. The van der Waals surface area contributed by atoms with Crippen LogP contribution < -0.4 is 16.4 Å². The molecule has 0 aliphatic rings. The maximum absolute atomic E-state index is 13.8. The summed E-state index contributed by atoms with van der Waals surface area (Å²) in [6.07, 6.45) is -6.23. The van der Waals surface area contributed by atoms with E-state index < -0.39 is 78.5 Å². The molecule has 0 radical (unpaired) electrons. The highest BCUT2D eigenvalue weighted by Crippen LogP contribution is 2.34. The van der Waals surface area contributed by atoms with Gasteiger partial charge in [-0.05, 0) is 6.42 Å². The van der Waals surface area contributed by atoms with Gasteiger partial charge in [-0.25, -0.2) is 4.39 Å². The van der Waals surface area contributed by atoms with Gasteiger partial charge in [-0.3, -0.25) is 19.2 Å². The Labute approximate surface area is 170 Å². The van der Waals surface area contributed by atoms with Crippen molar-refractivity contribution in [2.45, 2.75) is 31.1 Å². The third kappa shape index (κ3) is 10.8. The zero-order chi connectivity index (χ0) is 23.5. The third-order valence-electron chi connectivity index (χ3n) is 3.08. The fourth-order valence-electron chi connectivity index (χ4n) is 1.67. The first kappa shape index (κ1) is 27.4. The summed E-state index contributed by atoms with van der Waals surface area (Å²) in [4.78, 5) is 44.9. The van der Waals surface area contributed by atoms with Crippen LogP contribution in [0.1, 0.15) is 12.8 Å². The van der Waals surface area contributed by atoms with E-state index >= 15 is 0 Å². The molecule has 2 amide bonds. The fourth-order valence-corrected chi connectivity index (χ4v) is 2.53. The maximum Gasteiger partial charge on any atom is 0.452 e. The van der Waals surface area contributed by atoms with Crippen LogP contribution in [0.2, 0.25) is 0 Å². The Morgan fingerprint density at radius 1 is 1.17 bits per heavy atom. The number of alkyl halides is 4. The Hall–Kier alpha value is -2.62. The van der Waals surface area contributed by atoms with Crippen LogP contribution in [-0.2, 0) is 23.9 Å². The zero-order valence-electron chi connectivity index (χ0n) is 15.0. The van der Waals surface area contributed by atoms with Crippen LogP contribution in [0.25, 0.3) is 0 Å². The minimum atomic E-state index is -5.37. The van der Waals surface area contributed by atoms with Crippen molar-refractivity contribution in [3.05, 3.63) is 10.9 Å². The van der Waals surface area contributed by atoms with Crippen molar-refractivity contribution in [2.24, 2.45) is 5.73 Å². The van der Waals surface area contributed by atoms with E-state index in [9.17, 15) is 41.1 Å². The van der Waals surface area contributed by atoms with Crippen LogP contribution in [0.3, 0.4) is 0 Å². The molecule has 0 aromatic heterocycles. The number of amides is 2. The van der Waals surface area contributed by atoms with Gasteiger partial charge >= 0.3 is 18.1 Å². The highest BCUT2D eigenvalue weighted by Gasteiger charge is 2.40. The van der Waals surface area contributed by atoms with Crippen LogP contribution in [0.5, 0.6) is 0 Å². The molecule has 172 valence electrons. The smallest absolute Gasteiger partial charge is 0.452 e. The fraction of sp³-hybridized carbons (Fsp3) is 0.571. The number of halogens is 5. The lowest BCUT2D eigenvalue weighted by atomic mass is 10.1. The molecule has 6 N–H and O–H groups in total. The molecule has 0 saturated heterocycles. The Bertz CT molecular complexity index is 675. The lowest BCUT2D eigenvalue weighted by Gasteiger charge is -2.18. The van der Waals surface area contributed by atoms with Gasteiger partial charge in [-0.2, -0.15) is 17.6 Å². The van der Waals surface area contributed by atoms with E-state index in [1.807, 2.05) is 10.6 Å². The molecule has 0 spiro atoms. The largest absolute Gasteiger partial charge is 0.480 e. The SMILES string of the molecule is N[C@@H](CCC(=O)N[C@@H](CS/C(F)=C(/OCF)C(F)(F)F)C(=O)NCC(=O)O)C(=O)O. The molecule has 2 atom stereocenters. The number of nitrogens with one attached hydrogen (secondary N) is 2. The first-order valence-electron chi connectivity index (χ1n) is 7.85.